The molecule has 118 valence electrons. The summed E-state index contributed by atoms with van der Waals surface area (Å²) in [5, 5.41) is 9.76. The van der Waals surface area contributed by atoms with Gasteiger partial charge in [-0.3, -0.25) is 9.89 Å². The number of hydrogen-bond donors (Lipinski definition) is 2. The number of nitrogens with one attached hydrogen (secondary N) is 2. The maximum absolute atomic E-state index is 12.2. The average molecular weight is 300 g/mol. The molecule has 0 aliphatic rings. The molecular weight excluding hydrogens is 276 g/mol. The minimum atomic E-state index is -0.145. The van der Waals surface area contributed by atoms with Crippen LogP contribution in [0.15, 0.2) is 30.3 Å². The number of benzene rings is 1. The molecule has 0 atom stereocenters. The second-order valence-electron chi connectivity index (χ2n) is 5.51. The number of aryl methyl sites for hydroxylation is 1. The van der Waals surface area contributed by atoms with Crippen LogP contribution < -0.4 is 10.2 Å². The minimum Gasteiger partial charge on any atom is -0.369 e. The first-order valence-corrected chi connectivity index (χ1v) is 7.77. The first-order chi connectivity index (χ1) is 10.5. The third-order valence-electron chi connectivity index (χ3n) is 3.68. The molecule has 0 saturated carbocycles. The number of nitrogens with zero attached hydrogens (tertiary/aromatic N) is 2. The van der Waals surface area contributed by atoms with Gasteiger partial charge in [-0.05, 0) is 51.5 Å². The van der Waals surface area contributed by atoms with Crippen molar-refractivity contribution in [2.75, 3.05) is 16.8 Å². The fourth-order valence-electron chi connectivity index (χ4n) is 2.45. The lowest BCUT2D eigenvalue weighted by atomic mass is 10.1. The van der Waals surface area contributed by atoms with E-state index in [9.17, 15) is 4.79 Å². The highest BCUT2D eigenvalue weighted by molar-refractivity contribution is 6.03. The lowest BCUT2D eigenvalue weighted by Crippen LogP contribution is -2.30. The first-order valence-electron chi connectivity index (χ1n) is 7.77. The number of hydrogen-bond acceptors (Lipinski definition) is 3. The maximum atomic E-state index is 12.2. The molecule has 1 aromatic carbocycles. The van der Waals surface area contributed by atoms with Gasteiger partial charge in [0.25, 0.3) is 5.91 Å². The van der Waals surface area contributed by atoms with Gasteiger partial charge in [-0.25, -0.2) is 0 Å². The number of H-pyrrole nitrogens is 1. The Hall–Kier alpha value is -2.30. The van der Waals surface area contributed by atoms with Crippen molar-refractivity contribution >= 4 is 17.4 Å². The Balaban J connectivity index is 2.07. The van der Waals surface area contributed by atoms with E-state index in [0.29, 0.717) is 17.4 Å². The van der Waals surface area contributed by atoms with Crippen LogP contribution in [0.4, 0.5) is 11.5 Å². The van der Waals surface area contributed by atoms with Gasteiger partial charge < -0.3 is 10.2 Å². The van der Waals surface area contributed by atoms with Crippen molar-refractivity contribution in [2.45, 2.75) is 40.2 Å². The monoisotopic (exact) mass is 300 g/mol. The molecule has 0 aliphatic carbocycles. The molecule has 1 aromatic heterocycles. The smallest absolute Gasteiger partial charge is 0.256 e. The summed E-state index contributed by atoms with van der Waals surface area (Å²) >= 11 is 0. The molecular formula is C17H24N4O. The summed E-state index contributed by atoms with van der Waals surface area (Å²) in [6.45, 7) is 9.42. The molecule has 0 bridgehead atoms. The van der Waals surface area contributed by atoms with E-state index in [-0.39, 0.29) is 5.91 Å². The number of anilines is 2. The summed E-state index contributed by atoms with van der Waals surface area (Å²) in [5.74, 6) is 0.414. The molecule has 2 N–H and O–H groups in total. The van der Waals surface area contributed by atoms with E-state index in [1.807, 2.05) is 37.3 Å². The summed E-state index contributed by atoms with van der Waals surface area (Å²) in [5.41, 5.74) is 2.76. The van der Waals surface area contributed by atoms with Crippen LogP contribution in [0.25, 0.3) is 0 Å². The van der Waals surface area contributed by atoms with Gasteiger partial charge in [-0.2, -0.15) is 5.10 Å². The third-order valence-corrected chi connectivity index (χ3v) is 3.68. The molecule has 5 heteroatoms. The average Bonchev–Trinajstić information content (AvgIpc) is 2.96. The number of carbonyl (C=O) groups excluding carboxylic acids is 1. The van der Waals surface area contributed by atoms with Gasteiger partial charge in [-0.1, -0.05) is 6.92 Å². The Morgan fingerprint density at radius 1 is 1.27 bits per heavy atom. The van der Waals surface area contributed by atoms with Gasteiger partial charge in [0.05, 0.1) is 0 Å². The highest BCUT2D eigenvalue weighted by Crippen LogP contribution is 2.18. The Kier molecular flexibility index (Phi) is 5.20. The Bertz CT molecular complexity index is 616. The van der Waals surface area contributed by atoms with Crippen molar-refractivity contribution in [1.29, 1.82) is 0 Å². The summed E-state index contributed by atoms with van der Waals surface area (Å²) in [6.07, 6.45) is 0.861. The van der Waals surface area contributed by atoms with Crippen molar-refractivity contribution in [3.8, 4) is 0 Å². The third kappa shape index (κ3) is 3.67. The standard InChI is InChI=1S/C17H24N4O/c1-5-14-11-16(20-19-14)18-17(22)13-7-9-15(10-8-13)21(6-2)12(3)4/h7-12H,5-6H2,1-4H3,(H2,18,19,20,22). The second-order valence-corrected chi connectivity index (χ2v) is 5.51. The van der Waals surface area contributed by atoms with Crippen LogP contribution in [-0.2, 0) is 6.42 Å². The van der Waals surface area contributed by atoms with Gasteiger partial charge in [-0.15, -0.1) is 0 Å². The lowest BCUT2D eigenvalue weighted by molar-refractivity contribution is 0.102. The van der Waals surface area contributed by atoms with Crippen molar-refractivity contribution in [1.82, 2.24) is 10.2 Å². The molecule has 22 heavy (non-hydrogen) atoms. The van der Waals surface area contributed by atoms with E-state index in [1.54, 1.807) is 0 Å². The minimum absolute atomic E-state index is 0.145. The normalized spacial score (nSPS) is 10.8. The molecule has 0 fully saturated rings. The van der Waals surface area contributed by atoms with Gasteiger partial charge >= 0.3 is 0 Å². The summed E-state index contributed by atoms with van der Waals surface area (Å²) < 4.78 is 0. The zero-order valence-electron chi connectivity index (χ0n) is 13.7. The SMILES string of the molecule is CCc1cc(NC(=O)c2ccc(N(CC)C(C)C)cc2)n[nH]1. The zero-order chi connectivity index (χ0) is 16.1. The maximum Gasteiger partial charge on any atom is 0.256 e. The second kappa shape index (κ2) is 7.11. The van der Waals surface area contributed by atoms with Gasteiger partial charge in [0.2, 0.25) is 0 Å². The van der Waals surface area contributed by atoms with Crippen molar-refractivity contribution < 1.29 is 4.79 Å². The van der Waals surface area contributed by atoms with E-state index in [0.717, 1.165) is 24.3 Å². The number of aromatic nitrogens is 2. The zero-order valence-corrected chi connectivity index (χ0v) is 13.7. The van der Waals surface area contributed by atoms with E-state index < -0.39 is 0 Å². The topological polar surface area (TPSA) is 61.0 Å². The van der Waals surface area contributed by atoms with Gasteiger partial charge in [0.1, 0.15) is 0 Å². The number of rotatable bonds is 6. The predicted molar refractivity (Wildman–Crippen MR) is 90.5 cm³/mol. The predicted octanol–water partition coefficient (Wildman–Crippen LogP) is 3.46. The molecule has 0 unspecified atom stereocenters. The number of amides is 1. The van der Waals surface area contributed by atoms with Crippen LogP contribution >= 0.6 is 0 Å². The van der Waals surface area contributed by atoms with Crippen LogP contribution in [0.3, 0.4) is 0 Å². The van der Waals surface area contributed by atoms with Gasteiger partial charge in [0, 0.05) is 35.6 Å². The summed E-state index contributed by atoms with van der Waals surface area (Å²) in [4.78, 5) is 14.5. The number of carbonyl (C=O) groups is 1. The van der Waals surface area contributed by atoms with Crippen LogP contribution in [0.5, 0.6) is 0 Å². The van der Waals surface area contributed by atoms with Crippen LogP contribution in [-0.4, -0.2) is 28.7 Å². The van der Waals surface area contributed by atoms with Crippen molar-refractivity contribution in [3.63, 3.8) is 0 Å². The lowest BCUT2D eigenvalue weighted by Gasteiger charge is -2.27. The highest BCUT2D eigenvalue weighted by atomic mass is 16.1. The Labute approximate surface area is 131 Å². The summed E-state index contributed by atoms with van der Waals surface area (Å²) in [6, 6.07) is 9.96. The Morgan fingerprint density at radius 2 is 1.95 bits per heavy atom. The van der Waals surface area contributed by atoms with Gasteiger partial charge in [0.15, 0.2) is 5.82 Å². The molecule has 5 nitrogen and oxygen atoms in total. The summed E-state index contributed by atoms with van der Waals surface area (Å²) in [7, 11) is 0. The fraction of sp³-hybridized carbons (Fsp3) is 0.412. The molecule has 0 aliphatic heterocycles. The van der Waals surface area contributed by atoms with E-state index in [1.165, 1.54) is 0 Å². The van der Waals surface area contributed by atoms with Crippen LogP contribution in [0, 0.1) is 0 Å². The largest absolute Gasteiger partial charge is 0.369 e. The molecule has 0 saturated heterocycles. The molecule has 2 aromatic rings. The molecule has 0 radical (unpaired) electrons. The van der Waals surface area contributed by atoms with Crippen LogP contribution in [0.1, 0.15) is 43.7 Å². The molecule has 2 rings (SSSR count). The quantitative estimate of drug-likeness (QED) is 0.859. The van der Waals surface area contributed by atoms with Crippen molar-refractivity contribution in [2.24, 2.45) is 0 Å². The highest BCUT2D eigenvalue weighted by Gasteiger charge is 2.11. The van der Waals surface area contributed by atoms with Crippen LogP contribution in [0.2, 0.25) is 0 Å². The van der Waals surface area contributed by atoms with E-state index >= 15 is 0 Å². The fourth-order valence-corrected chi connectivity index (χ4v) is 2.45. The van der Waals surface area contributed by atoms with E-state index in [4.69, 9.17) is 0 Å². The molecule has 0 spiro atoms. The van der Waals surface area contributed by atoms with E-state index in [2.05, 4.69) is 41.2 Å². The van der Waals surface area contributed by atoms with Crippen molar-refractivity contribution in [3.05, 3.63) is 41.6 Å². The first kappa shape index (κ1) is 16.1. The number of aromatic amines is 1. The molecule has 1 heterocycles. The Morgan fingerprint density at radius 3 is 2.45 bits per heavy atom. The molecule has 1 amide bonds.